The molecule has 1 unspecified atom stereocenters. The zero-order chi connectivity index (χ0) is 30.0. The Bertz CT molecular complexity index is 1570. The molecule has 4 aromatic rings. The number of phenolic OH excluding ortho intramolecular Hbond substituents is 2. The van der Waals surface area contributed by atoms with Gasteiger partial charge in [-0.25, -0.2) is 9.97 Å². The summed E-state index contributed by atoms with van der Waals surface area (Å²) >= 11 is 2.46. The monoisotopic (exact) mass is 608 g/mol. The van der Waals surface area contributed by atoms with Crippen molar-refractivity contribution < 1.29 is 19.6 Å². The Kier molecular flexibility index (Phi) is 8.38. The molecular weight excluding hydrogens is 576 g/mol. The summed E-state index contributed by atoms with van der Waals surface area (Å²) in [5.41, 5.74) is 0.854. The lowest BCUT2D eigenvalue weighted by Gasteiger charge is -2.34. The van der Waals surface area contributed by atoms with Crippen LogP contribution in [0.2, 0.25) is 0 Å². The van der Waals surface area contributed by atoms with E-state index in [1.165, 1.54) is 0 Å². The Morgan fingerprint density at radius 1 is 1.02 bits per heavy atom. The quantitative estimate of drug-likeness (QED) is 0.113. The third-order valence-corrected chi connectivity index (χ3v) is 8.00. The van der Waals surface area contributed by atoms with Crippen molar-refractivity contribution in [1.82, 2.24) is 23.6 Å². The van der Waals surface area contributed by atoms with Crippen LogP contribution in [0.3, 0.4) is 0 Å². The van der Waals surface area contributed by atoms with Crippen molar-refractivity contribution in [2.75, 3.05) is 41.7 Å². The first-order chi connectivity index (χ1) is 20.0. The number of amides is 1. The largest absolute Gasteiger partial charge is 0.546 e. The van der Waals surface area contributed by atoms with Gasteiger partial charge in [0, 0.05) is 52.2 Å². The summed E-state index contributed by atoms with van der Waals surface area (Å²) < 4.78 is 20.6. The third kappa shape index (κ3) is 6.35. The fourth-order valence-electron chi connectivity index (χ4n) is 4.78. The molecule has 3 heterocycles. The van der Waals surface area contributed by atoms with Crippen LogP contribution in [0.15, 0.2) is 59.8 Å². The van der Waals surface area contributed by atoms with Crippen molar-refractivity contribution >= 4 is 52.9 Å². The zero-order valence-corrected chi connectivity index (χ0v) is 25.1. The Morgan fingerprint density at radius 2 is 1.71 bits per heavy atom. The molecule has 1 aliphatic rings. The first kappa shape index (κ1) is 29.4. The van der Waals surface area contributed by atoms with Crippen LogP contribution < -0.4 is 15.5 Å². The van der Waals surface area contributed by atoms with E-state index in [0.717, 1.165) is 5.56 Å². The second kappa shape index (κ2) is 12.0. The predicted octanol–water partition coefficient (Wildman–Crippen LogP) is 4.60. The Morgan fingerprint density at radius 3 is 2.38 bits per heavy atom. The molecule has 1 aliphatic heterocycles. The number of aromatic nitrogens is 4. The van der Waals surface area contributed by atoms with E-state index < -0.39 is 11.1 Å². The van der Waals surface area contributed by atoms with E-state index in [2.05, 4.69) is 42.0 Å². The lowest BCUT2D eigenvalue weighted by Crippen LogP contribution is -2.49. The number of thiol groups is 1. The molecule has 0 spiro atoms. The molecule has 4 N–H and O–H groups in total. The number of piperazine rings is 1. The lowest BCUT2D eigenvalue weighted by molar-refractivity contribution is 0.0743. The highest BCUT2D eigenvalue weighted by Gasteiger charge is 2.31. The van der Waals surface area contributed by atoms with E-state index in [9.17, 15) is 19.6 Å². The standard InChI is InChI=1S/C28H32N8O4S2/c1-28(2,3)23(17-8-9-20(37)21(41)16-17)32-25-24(33-42(40)34-25)31-19-7-4-6-18(22(19)38)26(39)35-12-14-36(15-13-35)27-29-10-5-11-30-27/h4-11,16,23,37-38,41H,12-15H2,1-3H3,(H,31,33)(H,32,34)/t23-,42?/m0/s1. The van der Waals surface area contributed by atoms with E-state index in [4.69, 9.17) is 0 Å². The molecule has 5 rings (SSSR count). The number of aromatic hydroxyl groups is 2. The third-order valence-electron chi connectivity index (χ3n) is 6.96. The maximum Gasteiger partial charge on any atom is 0.257 e. The fraction of sp³-hybridized carbons (Fsp3) is 0.321. The van der Waals surface area contributed by atoms with Crippen LogP contribution in [-0.2, 0) is 0 Å². The van der Waals surface area contributed by atoms with Gasteiger partial charge in [0.1, 0.15) is 5.75 Å². The number of carbonyl (C=O) groups is 1. The summed E-state index contributed by atoms with van der Waals surface area (Å²) in [5.74, 6) is 0.513. The van der Waals surface area contributed by atoms with Gasteiger partial charge in [-0.1, -0.05) is 32.9 Å². The number of anilines is 4. The lowest BCUT2D eigenvalue weighted by atomic mass is 9.82. The average Bonchev–Trinajstić information content (AvgIpc) is 3.32. The van der Waals surface area contributed by atoms with Gasteiger partial charge < -0.3 is 35.2 Å². The van der Waals surface area contributed by atoms with Gasteiger partial charge in [0.2, 0.25) is 17.6 Å². The van der Waals surface area contributed by atoms with Crippen molar-refractivity contribution in [1.29, 1.82) is 0 Å². The van der Waals surface area contributed by atoms with Gasteiger partial charge in [-0.15, -0.1) is 12.6 Å². The normalized spacial score (nSPS) is 14.9. The van der Waals surface area contributed by atoms with Crippen molar-refractivity contribution in [2.45, 2.75) is 31.7 Å². The van der Waals surface area contributed by atoms with Crippen LogP contribution in [-0.4, -0.2) is 70.5 Å². The summed E-state index contributed by atoms with van der Waals surface area (Å²) in [5, 5.41) is 27.4. The highest BCUT2D eigenvalue weighted by atomic mass is 32.2. The van der Waals surface area contributed by atoms with Gasteiger partial charge >= 0.3 is 0 Å². The Hall–Kier alpha value is -4.14. The Balaban J connectivity index is 1.34. The van der Waals surface area contributed by atoms with Crippen LogP contribution in [0.5, 0.6) is 11.5 Å². The van der Waals surface area contributed by atoms with Gasteiger partial charge in [0.15, 0.2) is 16.9 Å². The first-order valence-corrected chi connectivity index (χ1v) is 14.8. The molecule has 14 heteroatoms. The van der Waals surface area contributed by atoms with E-state index in [-0.39, 0.29) is 51.7 Å². The summed E-state index contributed by atoms with van der Waals surface area (Å²) in [4.78, 5) is 26.0. The van der Waals surface area contributed by atoms with Gasteiger partial charge in [-0.05, 0) is 41.3 Å². The molecule has 0 aliphatic carbocycles. The molecule has 0 radical (unpaired) electrons. The molecule has 0 bridgehead atoms. The molecule has 2 aromatic heterocycles. The summed E-state index contributed by atoms with van der Waals surface area (Å²) in [7, 11) is 0. The number of nitrogens with zero attached hydrogens (tertiary/aromatic N) is 6. The van der Waals surface area contributed by atoms with E-state index in [0.29, 0.717) is 37.0 Å². The smallest absolute Gasteiger partial charge is 0.257 e. The minimum atomic E-state index is -1.88. The highest BCUT2D eigenvalue weighted by Crippen LogP contribution is 2.41. The SMILES string of the molecule is CC(C)(C)[C@@H](Nc1n[s+]([O-])nc1Nc1cccc(C(=O)N2CCN(c3ncccn3)CC2)c1O)c1ccc(O)c(S)c1. The maximum absolute atomic E-state index is 13.4. The van der Waals surface area contributed by atoms with Crippen LogP contribution >= 0.6 is 23.8 Å². The number of carbonyl (C=O) groups excluding carboxylic acids is 1. The molecule has 0 saturated carbocycles. The average molecular weight is 609 g/mol. The topological polar surface area (TPSA) is 163 Å². The molecule has 2 atom stereocenters. The van der Waals surface area contributed by atoms with Crippen LogP contribution in [0, 0.1) is 5.41 Å². The zero-order valence-electron chi connectivity index (χ0n) is 23.4. The first-order valence-electron chi connectivity index (χ1n) is 13.3. The van der Waals surface area contributed by atoms with Gasteiger partial charge in [-0.2, -0.15) is 0 Å². The second-order valence-corrected chi connectivity index (χ2v) is 12.3. The molecule has 1 amide bonds. The van der Waals surface area contributed by atoms with Crippen molar-refractivity contribution in [3.05, 3.63) is 66.0 Å². The molecule has 2 aromatic carbocycles. The highest BCUT2D eigenvalue weighted by molar-refractivity contribution is 7.80. The minimum Gasteiger partial charge on any atom is -0.546 e. The summed E-state index contributed by atoms with van der Waals surface area (Å²) in [6.07, 6.45) is 3.36. The van der Waals surface area contributed by atoms with E-state index in [1.54, 1.807) is 59.8 Å². The molecule has 42 heavy (non-hydrogen) atoms. The number of hydrogen-bond donors (Lipinski definition) is 5. The van der Waals surface area contributed by atoms with Crippen molar-refractivity contribution in [3.8, 4) is 11.5 Å². The maximum atomic E-state index is 13.4. The number of hydrogen-bond acceptors (Lipinski definition) is 12. The number of phenols is 2. The van der Waals surface area contributed by atoms with Crippen molar-refractivity contribution in [3.63, 3.8) is 0 Å². The number of para-hydroxylation sites is 1. The summed E-state index contributed by atoms with van der Waals surface area (Å²) in [6, 6.07) is 11.3. The van der Waals surface area contributed by atoms with Crippen LogP contribution in [0.25, 0.3) is 0 Å². The molecular formula is C28H32N8O4S2. The van der Waals surface area contributed by atoms with E-state index >= 15 is 0 Å². The molecule has 12 nitrogen and oxygen atoms in total. The van der Waals surface area contributed by atoms with Gasteiger partial charge in [-0.3, -0.25) is 4.79 Å². The fourth-order valence-corrected chi connectivity index (χ4v) is 5.62. The van der Waals surface area contributed by atoms with Crippen LogP contribution in [0.4, 0.5) is 23.3 Å². The number of nitrogens with one attached hydrogen (secondary N) is 2. The van der Waals surface area contributed by atoms with E-state index in [1.807, 2.05) is 25.7 Å². The van der Waals surface area contributed by atoms with Gasteiger partial charge in [0.25, 0.3) is 5.91 Å². The molecule has 1 saturated heterocycles. The second-order valence-electron chi connectivity index (χ2n) is 11.0. The number of rotatable bonds is 7. The predicted molar refractivity (Wildman–Crippen MR) is 163 cm³/mol. The Labute approximate surface area is 252 Å². The number of benzene rings is 2. The molecule has 220 valence electrons. The van der Waals surface area contributed by atoms with Gasteiger partial charge in [0.05, 0.1) is 17.3 Å². The van der Waals surface area contributed by atoms with Crippen molar-refractivity contribution in [2.24, 2.45) is 5.41 Å². The minimum absolute atomic E-state index is 0.0648. The summed E-state index contributed by atoms with van der Waals surface area (Å²) in [6.45, 7) is 8.10. The molecule has 1 fully saturated rings. The van der Waals surface area contributed by atoms with Crippen LogP contribution in [0.1, 0.15) is 42.7 Å².